The number of nitrogens with one attached hydrogen (secondary N) is 1. The van der Waals surface area contributed by atoms with Crippen LogP contribution >= 0.6 is 11.6 Å². The number of aromatic nitrogens is 2. The third kappa shape index (κ3) is 2.65. The number of nitrogen functional groups attached to an aromatic ring is 1. The summed E-state index contributed by atoms with van der Waals surface area (Å²) in [6, 6.07) is 5.82. The van der Waals surface area contributed by atoms with Crippen LogP contribution in [0.15, 0.2) is 24.3 Å². The zero-order valence-corrected chi connectivity index (χ0v) is 9.21. The molecule has 0 amide bonds. The molecule has 0 spiro atoms. The first-order chi connectivity index (χ1) is 8.06. The Hall–Kier alpha value is -1.82. The summed E-state index contributed by atoms with van der Waals surface area (Å²) in [6.45, 7) is -2.91. The molecule has 0 saturated heterocycles. The lowest BCUT2D eigenvalue weighted by Crippen LogP contribution is -2.03. The Labute approximate surface area is 100 Å². The van der Waals surface area contributed by atoms with E-state index in [0.29, 0.717) is 16.3 Å². The highest BCUT2D eigenvalue weighted by Crippen LogP contribution is 2.33. The summed E-state index contributed by atoms with van der Waals surface area (Å²) >= 11 is 5.80. The van der Waals surface area contributed by atoms with Crippen molar-refractivity contribution in [1.29, 1.82) is 0 Å². The summed E-state index contributed by atoms with van der Waals surface area (Å²) in [5.74, 6) is 0.260. The van der Waals surface area contributed by atoms with E-state index in [4.69, 9.17) is 17.3 Å². The van der Waals surface area contributed by atoms with Gasteiger partial charge in [0.15, 0.2) is 0 Å². The molecule has 0 saturated carbocycles. The molecule has 1 heterocycles. The molecule has 0 aliphatic rings. The van der Waals surface area contributed by atoms with E-state index in [-0.39, 0.29) is 11.6 Å². The molecule has 0 aliphatic heterocycles. The average molecular weight is 260 g/mol. The largest absolute Gasteiger partial charge is 0.434 e. The van der Waals surface area contributed by atoms with E-state index in [1.165, 1.54) is 24.3 Å². The van der Waals surface area contributed by atoms with E-state index in [0.717, 1.165) is 0 Å². The van der Waals surface area contributed by atoms with Crippen LogP contribution in [0.3, 0.4) is 0 Å². The fraction of sp³-hybridized carbons (Fsp3) is 0.100. The second kappa shape index (κ2) is 4.58. The van der Waals surface area contributed by atoms with E-state index in [2.05, 4.69) is 14.9 Å². The van der Waals surface area contributed by atoms with Gasteiger partial charge in [0, 0.05) is 16.7 Å². The summed E-state index contributed by atoms with van der Waals surface area (Å²) in [7, 11) is 0. The predicted octanol–water partition coefficient (Wildman–Crippen LogP) is 2.91. The van der Waals surface area contributed by atoms with Crippen molar-refractivity contribution in [2.75, 3.05) is 5.73 Å². The van der Waals surface area contributed by atoms with Crippen molar-refractivity contribution in [3.8, 4) is 17.0 Å². The quantitative estimate of drug-likeness (QED) is 0.891. The SMILES string of the molecule is Nc1cc(-c2cc(Cl)ccc2OC(F)F)[nH]n1. The topological polar surface area (TPSA) is 63.9 Å². The van der Waals surface area contributed by atoms with Gasteiger partial charge in [0.05, 0.1) is 5.69 Å². The predicted molar refractivity (Wildman–Crippen MR) is 60.1 cm³/mol. The molecule has 3 N–H and O–H groups in total. The molecule has 4 nitrogen and oxygen atoms in total. The van der Waals surface area contributed by atoms with Gasteiger partial charge in [-0.15, -0.1) is 0 Å². The van der Waals surface area contributed by atoms with Gasteiger partial charge in [0.2, 0.25) is 0 Å². The number of halogens is 3. The minimum absolute atomic E-state index is 0.00745. The average Bonchev–Trinajstić information content (AvgIpc) is 2.67. The normalized spacial score (nSPS) is 10.8. The van der Waals surface area contributed by atoms with Crippen LogP contribution in [0.4, 0.5) is 14.6 Å². The van der Waals surface area contributed by atoms with Crippen LogP contribution in [0.25, 0.3) is 11.3 Å². The van der Waals surface area contributed by atoms with Gasteiger partial charge in [-0.1, -0.05) is 11.6 Å². The molecule has 90 valence electrons. The molecule has 7 heteroatoms. The number of aromatic amines is 1. The van der Waals surface area contributed by atoms with Crippen LogP contribution in [0.5, 0.6) is 5.75 Å². The number of nitrogens with zero attached hydrogens (tertiary/aromatic N) is 1. The van der Waals surface area contributed by atoms with Gasteiger partial charge in [0.25, 0.3) is 0 Å². The Morgan fingerprint density at radius 1 is 1.35 bits per heavy atom. The molecule has 0 radical (unpaired) electrons. The third-order valence-corrected chi connectivity index (χ3v) is 2.28. The first-order valence-corrected chi connectivity index (χ1v) is 4.99. The van der Waals surface area contributed by atoms with Gasteiger partial charge in [-0.2, -0.15) is 13.9 Å². The molecule has 1 aromatic carbocycles. The minimum Gasteiger partial charge on any atom is -0.434 e. The number of hydrogen-bond acceptors (Lipinski definition) is 3. The Morgan fingerprint density at radius 3 is 2.71 bits per heavy atom. The molecule has 0 fully saturated rings. The summed E-state index contributed by atoms with van der Waals surface area (Å²) in [5.41, 5.74) is 6.28. The van der Waals surface area contributed by atoms with E-state index in [1.807, 2.05) is 0 Å². The molecule has 1 aromatic heterocycles. The molecule has 17 heavy (non-hydrogen) atoms. The van der Waals surface area contributed by atoms with Crippen LogP contribution in [0.1, 0.15) is 0 Å². The van der Waals surface area contributed by atoms with Crippen LogP contribution in [0.2, 0.25) is 5.02 Å². The van der Waals surface area contributed by atoms with Crippen LogP contribution in [0, 0.1) is 0 Å². The van der Waals surface area contributed by atoms with Crippen molar-refractivity contribution in [1.82, 2.24) is 10.2 Å². The summed E-state index contributed by atoms with van der Waals surface area (Å²) in [4.78, 5) is 0. The van der Waals surface area contributed by atoms with E-state index >= 15 is 0 Å². The second-order valence-corrected chi connectivity index (χ2v) is 3.66. The first-order valence-electron chi connectivity index (χ1n) is 4.62. The number of benzene rings is 1. The van der Waals surface area contributed by atoms with Crippen molar-refractivity contribution < 1.29 is 13.5 Å². The van der Waals surface area contributed by atoms with Crippen LogP contribution < -0.4 is 10.5 Å². The van der Waals surface area contributed by atoms with Crippen LogP contribution in [-0.2, 0) is 0 Å². The number of anilines is 1. The Bertz CT molecular complexity index is 530. The minimum atomic E-state index is -2.91. The van der Waals surface area contributed by atoms with Gasteiger partial charge in [-0.05, 0) is 18.2 Å². The lowest BCUT2D eigenvalue weighted by atomic mass is 10.1. The smallest absolute Gasteiger partial charge is 0.387 e. The molecular weight excluding hydrogens is 252 g/mol. The monoisotopic (exact) mass is 259 g/mol. The number of alkyl halides is 2. The third-order valence-electron chi connectivity index (χ3n) is 2.05. The molecule has 0 atom stereocenters. The zero-order chi connectivity index (χ0) is 12.4. The Morgan fingerprint density at radius 2 is 2.12 bits per heavy atom. The number of hydrogen-bond donors (Lipinski definition) is 2. The van der Waals surface area contributed by atoms with Crippen LogP contribution in [-0.4, -0.2) is 16.8 Å². The second-order valence-electron chi connectivity index (χ2n) is 3.23. The van der Waals surface area contributed by atoms with Crippen molar-refractivity contribution in [3.63, 3.8) is 0 Å². The van der Waals surface area contributed by atoms with Crippen molar-refractivity contribution >= 4 is 17.4 Å². The summed E-state index contributed by atoms with van der Waals surface area (Å²) < 4.78 is 28.8. The van der Waals surface area contributed by atoms with Gasteiger partial charge >= 0.3 is 6.61 Å². The Balaban J connectivity index is 2.46. The lowest BCUT2D eigenvalue weighted by molar-refractivity contribution is -0.0494. The highest BCUT2D eigenvalue weighted by molar-refractivity contribution is 6.30. The summed E-state index contributed by atoms with van der Waals surface area (Å²) in [6.07, 6.45) is 0. The highest BCUT2D eigenvalue weighted by atomic mass is 35.5. The maximum Gasteiger partial charge on any atom is 0.387 e. The van der Waals surface area contributed by atoms with Crippen molar-refractivity contribution in [2.24, 2.45) is 0 Å². The standard InChI is InChI=1S/C10H8ClF2N3O/c11-5-1-2-8(17-10(12)13)6(3-5)7-4-9(14)16-15-7/h1-4,10H,(H3,14,15,16). The first kappa shape index (κ1) is 11.7. The molecule has 0 aliphatic carbocycles. The van der Waals surface area contributed by atoms with E-state index in [9.17, 15) is 8.78 Å². The maximum absolute atomic E-state index is 12.2. The van der Waals surface area contributed by atoms with E-state index in [1.54, 1.807) is 0 Å². The molecule has 0 unspecified atom stereocenters. The number of H-pyrrole nitrogens is 1. The highest BCUT2D eigenvalue weighted by Gasteiger charge is 2.13. The number of nitrogens with two attached hydrogens (primary N) is 1. The lowest BCUT2D eigenvalue weighted by Gasteiger charge is -2.09. The van der Waals surface area contributed by atoms with Gasteiger partial charge in [-0.25, -0.2) is 0 Å². The van der Waals surface area contributed by atoms with Gasteiger partial charge < -0.3 is 10.5 Å². The maximum atomic E-state index is 12.2. The fourth-order valence-corrected chi connectivity index (χ4v) is 1.56. The molecular formula is C10H8ClF2N3O. The van der Waals surface area contributed by atoms with Gasteiger partial charge in [0.1, 0.15) is 11.6 Å². The number of ether oxygens (including phenoxy) is 1. The zero-order valence-electron chi connectivity index (χ0n) is 8.45. The molecule has 0 bridgehead atoms. The van der Waals surface area contributed by atoms with Gasteiger partial charge in [-0.3, -0.25) is 5.10 Å². The van der Waals surface area contributed by atoms with E-state index < -0.39 is 6.61 Å². The summed E-state index contributed by atoms with van der Waals surface area (Å²) in [5, 5.41) is 6.71. The fourth-order valence-electron chi connectivity index (χ4n) is 1.39. The Kier molecular flexibility index (Phi) is 3.14. The van der Waals surface area contributed by atoms with Crippen molar-refractivity contribution in [3.05, 3.63) is 29.3 Å². The van der Waals surface area contributed by atoms with Crippen molar-refractivity contribution in [2.45, 2.75) is 6.61 Å². The molecule has 2 aromatic rings. The molecule has 2 rings (SSSR count). The number of rotatable bonds is 3.